The van der Waals surface area contributed by atoms with E-state index >= 15 is 0 Å². The molecule has 0 aromatic heterocycles. The van der Waals surface area contributed by atoms with Crippen LogP contribution in [0.5, 0.6) is 0 Å². The van der Waals surface area contributed by atoms with Crippen LogP contribution >= 0.6 is 0 Å². The molecule has 3 rings (SSSR count). The largest absolute Gasteiger partial charge is 0.748 e. The minimum atomic E-state index is -0.185. The Morgan fingerprint density at radius 2 is 1.59 bits per heavy atom. The van der Waals surface area contributed by atoms with Crippen LogP contribution in [0, 0.1) is 11.3 Å². The molecule has 1 atom stereocenters. The van der Waals surface area contributed by atoms with Crippen LogP contribution in [0.1, 0.15) is 27.7 Å². The van der Waals surface area contributed by atoms with Gasteiger partial charge in [0.15, 0.2) is 0 Å². The van der Waals surface area contributed by atoms with Crippen LogP contribution in [0.4, 0.5) is 0 Å². The first-order valence-corrected chi connectivity index (χ1v) is 7.66. The molecule has 0 radical (unpaired) electrons. The summed E-state index contributed by atoms with van der Waals surface area (Å²) in [6.45, 7) is 9.59. The Balaban J connectivity index is 0.000000344. The second-order valence-corrected chi connectivity index (χ2v) is 6.61. The Hall–Kier alpha value is -0.796. The molecular formula is C18H25BFeO2-6. The van der Waals surface area contributed by atoms with Crippen molar-refractivity contribution >= 4 is 12.6 Å². The van der Waals surface area contributed by atoms with Gasteiger partial charge in [0, 0.05) is 29.1 Å². The molecule has 0 aliphatic carbocycles. The van der Waals surface area contributed by atoms with E-state index in [1.165, 1.54) is 0 Å². The third-order valence-corrected chi connectivity index (χ3v) is 3.77. The standard InChI is InChI=1S/C13H20BO2.C5H5.Fe/c1-10(2)12-13(3,4)9-15-14(16-12)11-7-5-6-8-11;1-2-4-5-3-1;/h5-8,10,12H,9H2,1-4H3;1-5H;/q-1;-5;. The van der Waals surface area contributed by atoms with Gasteiger partial charge >= 0.3 is 7.12 Å². The molecule has 1 unspecified atom stereocenters. The van der Waals surface area contributed by atoms with Gasteiger partial charge in [-0.1, -0.05) is 27.7 Å². The molecular weight excluding hydrogens is 315 g/mol. The first-order valence-electron chi connectivity index (χ1n) is 7.66. The second kappa shape index (κ2) is 8.74. The van der Waals surface area contributed by atoms with Crippen LogP contribution < -0.4 is 5.46 Å². The normalized spacial score (nSPS) is 20.0. The van der Waals surface area contributed by atoms with Gasteiger partial charge in [0.05, 0.1) is 6.10 Å². The molecule has 126 valence electrons. The monoisotopic (exact) mass is 340 g/mol. The molecule has 1 aliphatic heterocycles. The van der Waals surface area contributed by atoms with E-state index in [9.17, 15) is 0 Å². The summed E-state index contributed by atoms with van der Waals surface area (Å²) in [6, 6.07) is 18.2. The average Bonchev–Trinajstić information content (AvgIpc) is 3.14. The predicted octanol–water partition coefficient (Wildman–Crippen LogP) is 3.60. The van der Waals surface area contributed by atoms with Gasteiger partial charge in [-0.2, -0.15) is 12.1 Å². The Morgan fingerprint density at radius 1 is 1.09 bits per heavy atom. The molecule has 0 N–H and O–H groups in total. The molecule has 4 heteroatoms. The van der Waals surface area contributed by atoms with E-state index in [1.54, 1.807) is 0 Å². The Bertz CT molecular complexity index is 474. The predicted molar refractivity (Wildman–Crippen MR) is 88.9 cm³/mol. The third kappa shape index (κ3) is 5.14. The van der Waals surface area contributed by atoms with E-state index in [0.717, 1.165) is 12.1 Å². The van der Waals surface area contributed by atoms with Crippen LogP contribution in [0.2, 0.25) is 0 Å². The van der Waals surface area contributed by atoms with Gasteiger partial charge in [-0.3, -0.25) is 0 Å². The first kappa shape index (κ1) is 19.3. The van der Waals surface area contributed by atoms with Crippen molar-refractivity contribution in [1.29, 1.82) is 0 Å². The van der Waals surface area contributed by atoms with Crippen LogP contribution in [0.25, 0.3) is 0 Å². The zero-order valence-electron chi connectivity index (χ0n) is 13.8. The zero-order chi connectivity index (χ0) is 15.3. The summed E-state index contributed by atoms with van der Waals surface area (Å²) in [4.78, 5) is 0. The molecule has 1 aliphatic rings. The van der Waals surface area contributed by atoms with E-state index in [2.05, 4.69) is 39.8 Å². The van der Waals surface area contributed by atoms with Crippen molar-refractivity contribution in [3.8, 4) is 0 Å². The van der Waals surface area contributed by atoms with Gasteiger partial charge in [0.25, 0.3) is 0 Å². The van der Waals surface area contributed by atoms with Gasteiger partial charge in [-0.25, -0.2) is 12.1 Å². The van der Waals surface area contributed by atoms with E-state index in [4.69, 9.17) is 9.31 Å². The fourth-order valence-corrected chi connectivity index (χ4v) is 2.83. The molecule has 22 heavy (non-hydrogen) atoms. The number of hydrogen-bond acceptors (Lipinski definition) is 2. The minimum absolute atomic E-state index is 0. The van der Waals surface area contributed by atoms with Crippen molar-refractivity contribution in [3.05, 3.63) is 54.6 Å². The number of rotatable bonds is 2. The molecule has 2 aromatic rings. The summed E-state index contributed by atoms with van der Waals surface area (Å²) in [5.41, 5.74) is 1.22. The van der Waals surface area contributed by atoms with E-state index in [-0.39, 0.29) is 35.7 Å². The van der Waals surface area contributed by atoms with Crippen molar-refractivity contribution < 1.29 is 26.4 Å². The topological polar surface area (TPSA) is 18.5 Å². The van der Waals surface area contributed by atoms with Crippen molar-refractivity contribution in [2.45, 2.75) is 33.8 Å². The van der Waals surface area contributed by atoms with Crippen LogP contribution in [0.15, 0.2) is 54.6 Å². The zero-order valence-corrected chi connectivity index (χ0v) is 14.9. The van der Waals surface area contributed by atoms with E-state index in [1.807, 2.05) is 42.5 Å². The van der Waals surface area contributed by atoms with Gasteiger partial charge < -0.3 is 39.6 Å². The molecule has 1 saturated heterocycles. The maximum atomic E-state index is 6.09. The summed E-state index contributed by atoms with van der Waals surface area (Å²) >= 11 is 0. The summed E-state index contributed by atoms with van der Waals surface area (Å²) < 4.78 is 11.9. The molecule has 0 spiro atoms. The minimum Gasteiger partial charge on any atom is -0.748 e. The van der Waals surface area contributed by atoms with Gasteiger partial charge in [0.2, 0.25) is 0 Å². The Kier molecular flexibility index (Phi) is 7.65. The van der Waals surface area contributed by atoms with Crippen molar-refractivity contribution in [2.24, 2.45) is 11.3 Å². The fraction of sp³-hybridized carbons (Fsp3) is 0.444. The van der Waals surface area contributed by atoms with Gasteiger partial charge in [0.1, 0.15) is 0 Å². The third-order valence-electron chi connectivity index (χ3n) is 3.77. The van der Waals surface area contributed by atoms with Crippen LogP contribution in [0.3, 0.4) is 0 Å². The number of hydrogen-bond donors (Lipinski definition) is 0. The molecule has 1 heterocycles. The van der Waals surface area contributed by atoms with E-state index in [0.29, 0.717) is 5.92 Å². The quantitative estimate of drug-likeness (QED) is 0.614. The van der Waals surface area contributed by atoms with Crippen LogP contribution in [-0.4, -0.2) is 19.8 Å². The van der Waals surface area contributed by atoms with Crippen molar-refractivity contribution in [2.75, 3.05) is 6.61 Å². The summed E-state index contributed by atoms with van der Waals surface area (Å²) in [5.74, 6) is 0.511. The van der Waals surface area contributed by atoms with Crippen molar-refractivity contribution in [1.82, 2.24) is 0 Å². The maximum Gasteiger partial charge on any atom is 0.418 e. The Morgan fingerprint density at radius 3 is 2.05 bits per heavy atom. The molecule has 2 aromatic carbocycles. The molecule has 0 amide bonds. The van der Waals surface area contributed by atoms with Crippen molar-refractivity contribution in [3.63, 3.8) is 0 Å². The van der Waals surface area contributed by atoms with Crippen LogP contribution in [-0.2, 0) is 26.4 Å². The summed E-state index contributed by atoms with van der Waals surface area (Å²) in [5, 5.41) is 0. The second-order valence-electron chi connectivity index (χ2n) is 6.61. The Labute approximate surface area is 145 Å². The maximum absolute atomic E-state index is 6.09. The molecule has 2 nitrogen and oxygen atoms in total. The van der Waals surface area contributed by atoms with Gasteiger partial charge in [-0.05, 0) is 5.92 Å². The molecule has 1 fully saturated rings. The molecule has 0 saturated carbocycles. The van der Waals surface area contributed by atoms with Gasteiger partial charge in [-0.15, -0.1) is 5.46 Å². The SMILES string of the molecule is CC(C)C1OB([c-]2cccc2)OCC1(C)C.[Fe].[cH-]1[cH-][cH-][cH-][cH-]1. The molecule has 0 bridgehead atoms. The smallest absolute Gasteiger partial charge is 0.418 e. The first-order chi connectivity index (χ1) is 10.0. The van der Waals surface area contributed by atoms with E-state index < -0.39 is 0 Å². The summed E-state index contributed by atoms with van der Waals surface area (Å²) in [7, 11) is -0.185. The average molecular weight is 340 g/mol. The summed E-state index contributed by atoms with van der Waals surface area (Å²) in [6.07, 6.45) is 0.251. The fourth-order valence-electron chi connectivity index (χ4n) is 2.83.